The van der Waals surface area contributed by atoms with Crippen LogP contribution in [0.1, 0.15) is 28.5 Å². The van der Waals surface area contributed by atoms with Crippen LogP contribution in [0.4, 0.5) is 0 Å². The summed E-state index contributed by atoms with van der Waals surface area (Å²) in [6.07, 6.45) is -0.465. The highest BCUT2D eigenvalue weighted by molar-refractivity contribution is 5.90. The first-order valence-electron chi connectivity index (χ1n) is 7.06. The van der Waals surface area contributed by atoms with Gasteiger partial charge in [-0.15, -0.1) is 0 Å². The van der Waals surface area contributed by atoms with Crippen molar-refractivity contribution in [1.82, 2.24) is 4.98 Å². The predicted octanol–water partition coefficient (Wildman–Crippen LogP) is 2.62. The van der Waals surface area contributed by atoms with E-state index in [-0.39, 0.29) is 12.2 Å². The monoisotopic (exact) mass is 301 g/mol. The number of esters is 1. The second-order valence-electron chi connectivity index (χ2n) is 5.18. The molecule has 0 amide bonds. The van der Waals surface area contributed by atoms with Gasteiger partial charge in [-0.3, -0.25) is 4.79 Å². The van der Waals surface area contributed by atoms with Crippen LogP contribution in [0.3, 0.4) is 0 Å². The Labute approximate surface area is 128 Å². The zero-order chi connectivity index (χ0) is 16.1. The van der Waals surface area contributed by atoms with Gasteiger partial charge in [-0.05, 0) is 44.5 Å². The van der Waals surface area contributed by atoms with E-state index in [1.54, 1.807) is 26.8 Å². The lowest BCUT2D eigenvalue weighted by Crippen LogP contribution is -2.27. The fraction of sp³-hybridized carbons (Fsp3) is 0.294. The van der Waals surface area contributed by atoms with Gasteiger partial charge in [0, 0.05) is 5.69 Å². The highest BCUT2D eigenvalue weighted by Crippen LogP contribution is 2.11. The maximum Gasteiger partial charge on any atom is 0.344 e. The first-order valence-corrected chi connectivity index (χ1v) is 7.06. The first-order chi connectivity index (χ1) is 10.5. The number of hydrogen-bond acceptors (Lipinski definition) is 4. The molecule has 1 aromatic heterocycles. The third kappa shape index (κ3) is 3.97. The number of pyridine rings is 1. The Balaban J connectivity index is 1.98. The van der Waals surface area contributed by atoms with Gasteiger partial charge in [0.1, 0.15) is 24.0 Å². The van der Waals surface area contributed by atoms with Gasteiger partial charge >= 0.3 is 5.97 Å². The predicted molar refractivity (Wildman–Crippen MR) is 83.4 cm³/mol. The van der Waals surface area contributed by atoms with Crippen molar-refractivity contribution in [3.63, 3.8) is 0 Å². The molecule has 0 fully saturated rings. The summed E-state index contributed by atoms with van der Waals surface area (Å²) in [6.45, 7) is 5.42. The van der Waals surface area contributed by atoms with Gasteiger partial charge in [-0.1, -0.05) is 18.2 Å². The molecule has 5 nitrogen and oxygen atoms in total. The number of aromatic nitrogens is 1. The molecular formula is C17H19NO4. The molecule has 1 N–H and O–H groups in total. The Morgan fingerprint density at radius 2 is 1.91 bits per heavy atom. The molecule has 0 aliphatic rings. The van der Waals surface area contributed by atoms with Gasteiger partial charge in [-0.25, -0.2) is 4.79 Å². The van der Waals surface area contributed by atoms with Crippen LogP contribution >= 0.6 is 0 Å². The number of H-pyrrole nitrogens is 1. The number of rotatable bonds is 5. The lowest BCUT2D eigenvalue weighted by atomic mass is 10.1. The Bertz CT molecular complexity index is 706. The number of nitrogens with one attached hydrogen (secondary N) is 1. The third-order valence-corrected chi connectivity index (χ3v) is 3.11. The summed E-state index contributed by atoms with van der Waals surface area (Å²) >= 11 is 0. The van der Waals surface area contributed by atoms with Crippen molar-refractivity contribution in [3.8, 4) is 5.75 Å². The van der Waals surface area contributed by atoms with E-state index in [1.165, 1.54) is 0 Å². The Kier molecular flexibility index (Phi) is 4.99. The van der Waals surface area contributed by atoms with E-state index >= 15 is 0 Å². The molecule has 0 saturated carbocycles. The van der Waals surface area contributed by atoms with E-state index in [1.807, 2.05) is 30.3 Å². The van der Waals surface area contributed by atoms with Crippen molar-refractivity contribution in [1.29, 1.82) is 0 Å². The lowest BCUT2D eigenvalue weighted by Gasteiger charge is -2.15. The molecule has 22 heavy (non-hydrogen) atoms. The largest absolute Gasteiger partial charge is 0.490 e. The van der Waals surface area contributed by atoms with Gasteiger partial charge in [0.2, 0.25) is 0 Å². The number of hydrogen-bond donors (Lipinski definition) is 1. The molecule has 1 heterocycles. The molecule has 2 rings (SSSR count). The van der Waals surface area contributed by atoms with Gasteiger partial charge < -0.3 is 14.5 Å². The molecule has 0 spiro atoms. The molecule has 0 unspecified atom stereocenters. The molecule has 2 aromatic rings. The van der Waals surface area contributed by atoms with E-state index in [2.05, 4.69) is 4.98 Å². The molecule has 1 aromatic carbocycles. The van der Waals surface area contributed by atoms with Gasteiger partial charge in [0.25, 0.3) is 5.56 Å². The smallest absolute Gasteiger partial charge is 0.344 e. The minimum absolute atomic E-state index is 0.0390. The number of ether oxygens (including phenoxy) is 2. The molecule has 1 atom stereocenters. The fourth-order valence-electron chi connectivity index (χ4n) is 2.11. The van der Waals surface area contributed by atoms with Crippen LogP contribution in [-0.2, 0) is 4.74 Å². The topological polar surface area (TPSA) is 68.4 Å². The maximum atomic E-state index is 12.1. The van der Waals surface area contributed by atoms with Gasteiger partial charge in [0.05, 0.1) is 0 Å². The second-order valence-corrected chi connectivity index (χ2v) is 5.18. The maximum absolute atomic E-state index is 12.1. The highest BCUT2D eigenvalue weighted by atomic mass is 16.6. The molecule has 5 heteroatoms. The van der Waals surface area contributed by atoms with E-state index < -0.39 is 17.6 Å². The van der Waals surface area contributed by atoms with Crippen LogP contribution in [0.5, 0.6) is 5.75 Å². The van der Waals surface area contributed by atoms with Crippen LogP contribution in [-0.4, -0.2) is 23.7 Å². The summed E-state index contributed by atoms with van der Waals surface area (Å²) in [4.78, 5) is 26.6. The SMILES string of the molecule is Cc1cc(C)c(C(=O)O[C@@H](C)COc2ccccc2)c(=O)[nH]1. The normalized spacial score (nSPS) is 11.8. The fourth-order valence-corrected chi connectivity index (χ4v) is 2.11. The van der Waals surface area contributed by atoms with Crippen molar-refractivity contribution in [3.05, 3.63) is 63.6 Å². The second kappa shape index (κ2) is 6.93. The molecule has 0 radical (unpaired) electrons. The van der Waals surface area contributed by atoms with E-state index in [4.69, 9.17) is 9.47 Å². The molecule has 0 aliphatic carbocycles. The Morgan fingerprint density at radius 3 is 2.55 bits per heavy atom. The number of carbonyl (C=O) groups is 1. The molecule has 0 bridgehead atoms. The summed E-state index contributed by atoms with van der Waals surface area (Å²) in [6, 6.07) is 11.0. The van der Waals surface area contributed by atoms with E-state index in [0.29, 0.717) is 17.0 Å². The third-order valence-electron chi connectivity index (χ3n) is 3.11. The van der Waals surface area contributed by atoms with Crippen LogP contribution in [0.2, 0.25) is 0 Å². The number of aryl methyl sites for hydroxylation is 2. The minimum atomic E-state index is -0.636. The van der Waals surface area contributed by atoms with Crippen molar-refractivity contribution in [2.75, 3.05) is 6.61 Å². The van der Waals surface area contributed by atoms with Crippen molar-refractivity contribution in [2.45, 2.75) is 26.9 Å². The zero-order valence-corrected chi connectivity index (χ0v) is 12.9. The van der Waals surface area contributed by atoms with Crippen LogP contribution < -0.4 is 10.3 Å². The first kappa shape index (κ1) is 15.8. The quantitative estimate of drug-likeness (QED) is 0.862. The van der Waals surface area contributed by atoms with Crippen molar-refractivity contribution < 1.29 is 14.3 Å². The van der Waals surface area contributed by atoms with Gasteiger partial charge in [-0.2, -0.15) is 0 Å². The number of aromatic amines is 1. The van der Waals surface area contributed by atoms with Gasteiger partial charge in [0.15, 0.2) is 0 Å². The number of para-hydroxylation sites is 1. The molecule has 116 valence electrons. The zero-order valence-electron chi connectivity index (χ0n) is 12.9. The molecule has 0 aliphatic heterocycles. The molecule has 0 saturated heterocycles. The summed E-state index contributed by atoms with van der Waals surface area (Å²) in [5.41, 5.74) is 0.915. The summed E-state index contributed by atoms with van der Waals surface area (Å²) in [5, 5.41) is 0. The van der Waals surface area contributed by atoms with Crippen LogP contribution in [0.15, 0.2) is 41.2 Å². The average molecular weight is 301 g/mol. The van der Waals surface area contributed by atoms with Crippen LogP contribution in [0, 0.1) is 13.8 Å². The molecular weight excluding hydrogens is 282 g/mol. The van der Waals surface area contributed by atoms with E-state index in [0.717, 1.165) is 0 Å². The lowest BCUT2D eigenvalue weighted by molar-refractivity contribution is 0.0226. The Morgan fingerprint density at radius 1 is 1.23 bits per heavy atom. The number of carbonyl (C=O) groups excluding carboxylic acids is 1. The van der Waals surface area contributed by atoms with E-state index in [9.17, 15) is 9.59 Å². The van der Waals surface area contributed by atoms with Crippen molar-refractivity contribution in [2.24, 2.45) is 0 Å². The standard InChI is InChI=1S/C17H19NO4/c1-11-9-12(2)18-16(19)15(11)17(20)22-13(3)10-21-14-7-5-4-6-8-14/h4-9,13H,10H2,1-3H3,(H,18,19)/t13-/m0/s1. The summed E-state index contributed by atoms with van der Waals surface area (Å²) < 4.78 is 10.8. The Hall–Kier alpha value is -2.56. The van der Waals surface area contributed by atoms with Crippen LogP contribution in [0.25, 0.3) is 0 Å². The van der Waals surface area contributed by atoms with Crippen molar-refractivity contribution >= 4 is 5.97 Å². The summed E-state index contributed by atoms with van der Waals surface area (Å²) in [7, 11) is 0. The number of benzene rings is 1. The average Bonchev–Trinajstić information content (AvgIpc) is 2.45. The summed E-state index contributed by atoms with van der Waals surface area (Å²) in [5.74, 6) is 0.0673. The highest BCUT2D eigenvalue weighted by Gasteiger charge is 2.18. The minimum Gasteiger partial charge on any atom is -0.490 e.